The third-order valence-electron chi connectivity index (χ3n) is 5.54. The number of benzene rings is 3. The van der Waals surface area contributed by atoms with Crippen molar-refractivity contribution in [2.75, 3.05) is 12.3 Å². The second-order valence-electron chi connectivity index (χ2n) is 7.83. The normalized spacial score (nSPS) is 13.2. The van der Waals surface area contributed by atoms with Crippen molar-refractivity contribution in [3.63, 3.8) is 0 Å². The minimum absolute atomic E-state index is 0.0994. The van der Waals surface area contributed by atoms with Gasteiger partial charge in [-0.05, 0) is 23.3 Å². The number of thioether (sulfide) groups is 1. The van der Waals surface area contributed by atoms with Gasteiger partial charge in [-0.1, -0.05) is 84.6 Å². The van der Waals surface area contributed by atoms with Crippen molar-refractivity contribution in [1.29, 1.82) is 0 Å². The van der Waals surface area contributed by atoms with E-state index in [1.54, 1.807) is 18.2 Å². The van der Waals surface area contributed by atoms with Crippen molar-refractivity contribution in [3.05, 3.63) is 102 Å². The van der Waals surface area contributed by atoms with Crippen LogP contribution in [0.5, 0.6) is 0 Å². The minimum atomic E-state index is -0.364. The number of hydrogen-bond donors (Lipinski definition) is 0. The second-order valence-corrected chi connectivity index (χ2v) is 8.77. The van der Waals surface area contributed by atoms with E-state index in [0.29, 0.717) is 29.6 Å². The molecule has 0 N–H and O–H groups in total. The number of rotatable bonds is 7. The average Bonchev–Trinajstić information content (AvgIpc) is 3.52. The molecule has 1 aliphatic heterocycles. The molecular formula is C26H22FN5OS. The predicted octanol–water partition coefficient (Wildman–Crippen LogP) is 4.86. The standard InChI is InChI=1S/C26H22FN5OS/c27-22-14-8-7-13-21(22)25-28-29-26(31(25)17-19-9-3-1-4-10-19)34-18-24(33)32-16-15-23(30-32)20-11-5-2-6-12-20/h1-14H,15-18H2. The molecule has 3 aromatic carbocycles. The molecule has 0 unspecified atom stereocenters. The van der Waals surface area contributed by atoms with Gasteiger partial charge in [0.05, 0.1) is 30.1 Å². The molecular weight excluding hydrogens is 449 g/mol. The Bertz CT molecular complexity index is 1320. The highest BCUT2D eigenvalue weighted by molar-refractivity contribution is 7.99. The van der Waals surface area contributed by atoms with Gasteiger partial charge in [-0.3, -0.25) is 9.36 Å². The molecule has 6 nitrogen and oxygen atoms in total. The number of halogens is 1. The van der Waals surface area contributed by atoms with E-state index in [2.05, 4.69) is 15.3 Å². The minimum Gasteiger partial charge on any atom is -0.297 e. The number of nitrogens with zero attached hydrogens (tertiary/aromatic N) is 5. The highest BCUT2D eigenvalue weighted by atomic mass is 32.2. The van der Waals surface area contributed by atoms with Crippen LogP contribution in [0.15, 0.2) is 95.2 Å². The van der Waals surface area contributed by atoms with Crippen LogP contribution in [0.25, 0.3) is 11.4 Å². The summed E-state index contributed by atoms with van der Waals surface area (Å²) in [7, 11) is 0. The molecule has 0 bridgehead atoms. The number of aromatic nitrogens is 3. The van der Waals surface area contributed by atoms with Gasteiger partial charge >= 0.3 is 0 Å². The van der Waals surface area contributed by atoms with Crippen LogP contribution in [0.2, 0.25) is 0 Å². The monoisotopic (exact) mass is 471 g/mol. The Morgan fingerprint density at radius 3 is 2.38 bits per heavy atom. The van der Waals surface area contributed by atoms with Crippen LogP contribution in [0.3, 0.4) is 0 Å². The fraction of sp³-hybridized carbons (Fsp3) is 0.154. The summed E-state index contributed by atoms with van der Waals surface area (Å²) in [4.78, 5) is 12.9. The Balaban J connectivity index is 1.36. The van der Waals surface area contributed by atoms with E-state index in [0.717, 1.165) is 23.3 Å². The first-order valence-electron chi connectivity index (χ1n) is 11.0. The number of hydrogen-bond acceptors (Lipinski definition) is 5. The number of hydrazone groups is 1. The molecule has 0 atom stereocenters. The van der Waals surface area contributed by atoms with Gasteiger partial charge in [-0.15, -0.1) is 10.2 Å². The number of carbonyl (C=O) groups excluding carboxylic acids is 1. The smallest absolute Gasteiger partial charge is 0.253 e. The summed E-state index contributed by atoms with van der Waals surface area (Å²) in [6.07, 6.45) is 0.724. The molecule has 2 heterocycles. The van der Waals surface area contributed by atoms with Gasteiger partial charge in [0.15, 0.2) is 11.0 Å². The molecule has 1 aliphatic rings. The van der Waals surface area contributed by atoms with Crippen molar-refractivity contribution >= 4 is 23.4 Å². The molecule has 0 spiro atoms. The van der Waals surface area contributed by atoms with Crippen LogP contribution >= 0.6 is 11.8 Å². The fourth-order valence-corrected chi connectivity index (χ4v) is 4.62. The molecule has 5 rings (SSSR count). The lowest BCUT2D eigenvalue weighted by atomic mass is 10.1. The summed E-state index contributed by atoms with van der Waals surface area (Å²) in [5.41, 5.74) is 3.35. The third kappa shape index (κ3) is 4.77. The summed E-state index contributed by atoms with van der Waals surface area (Å²) >= 11 is 1.29. The molecule has 0 saturated carbocycles. The van der Waals surface area contributed by atoms with E-state index in [-0.39, 0.29) is 17.5 Å². The quantitative estimate of drug-likeness (QED) is 0.361. The SMILES string of the molecule is O=C(CSc1nnc(-c2ccccc2F)n1Cc1ccccc1)N1CCC(c2ccccc2)=N1. The Morgan fingerprint density at radius 2 is 1.62 bits per heavy atom. The highest BCUT2D eigenvalue weighted by Gasteiger charge is 2.23. The molecule has 1 amide bonds. The lowest BCUT2D eigenvalue weighted by molar-refractivity contribution is -0.127. The largest absolute Gasteiger partial charge is 0.297 e. The van der Waals surface area contributed by atoms with Gasteiger partial charge < -0.3 is 0 Å². The first-order valence-corrected chi connectivity index (χ1v) is 12.0. The van der Waals surface area contributed by atoms with Gasteiger partial charge in [0.25, 0.3) is 5.91 Å². The van der Waals surface area contributed by atoms with Crippen molar-refractivity contribution in [1.82, 2.24) is 19.8 Å². The van der Waals surface area contributed by atoms with Crippen LogP contribution in [0, 0.1) is 5.82 Å². The van der Waals surface area contributed by atoms with Crippen LogP contribution in [-0.4, -0.2) is 43.7 Å². The van der Waals surface area contributed by atoms with Gasteiger partial charge in [-0.2, -0.15) is 5.10 Å². The maximum absolute atomic E-state index is 14.5. The van der Waals surface area contributed by atoms with E-state index in [9.17, 15) is 9.18 Å². The molecule has 0 aliphatic carbocycles. The summed E-state index contributed by atoms with van der Waals surface area (Å²) in [6, 6.07) is 26.2. The summed E-state index contributed by atoms with van der Waals surface area (Å²) in [5, 5.41) is 15.2. The van der Waals surface area contributed by atoms with Crippen molar-refractivity contribution in [2.45, 2.75) is 18.1 Å². The van der Waals surface area contributed by atoms with Crippen LogP contribution in [0.4, 0.5) is 4.39 Å². The Kier molecular flexibility index (Phi) is 6.49. The van der Waals surface area contributed by atoms with E-state index in [1.807, 2.05) is 65.2 Å². The summed E-state index contributed by atoms with van der Waals surface area (Å²) in [5.74, 6) is 0.132. The van der Waals surface area contributed by atoms with Crippen LogP contribution < -0.4 is 0 Å². The molecule has 0 radical (unpaired) electrons. The molecule has 0 saturated heterocycles. The first-order chi connectivity index (χ1) is 16.7. The lowest BCUT2D eigenvalue weighted by Gasteiger charge is -2.13. The maximum atomic E-state index is 14.5. The summed E-state index contributed by atoms with van der Waals surface area (Å²) in [6.45, 7) is 1.02. The Labute approximate surface area is 201 Å². The Morgan fingerprint density at radius 1 is 0.912 bits per heavy atom. The average molecular weight is 472 g/mol. The van der Waals surface area contributed by atoms with Crippen LogP contribution in [-0.2, 0) is 11.3 Å². The zero-order valence-corrected chi connectivity index (χ0v) is 19.2. The van der Waals surface area contributed by atoms with Gasteiger partial charge in [0, 0.05) is 6.42 Å². The van der Waals surface area contributed by atoms with Gasteiger partial charge in [0.1, 0.15) is 5.82 Å². The van der Waals surface area contributed by atoms with E-state index in [4.69, 9.17) is 0 Å². The molecule has 0 fully saturated rings. The number of amides is 1. The molecule has 170 valence electrons. The molecule has 34 heavy (non-hydrogen) atoms. The van der Waals surface area contributed by atoms with Crippen molar-refractivity contribution < 1.29 is 9.18 Å². The first kappa shape index (κ1) is 22.0. The van der Waals surface area contributed by atoms with Gasteiger partial charge in [0.2, 0.25) is 0 Å². The van der Waals surface area contributed by atoms with Crippen molar-refractivity contribution in [2.24, 2.45) is 5.10 Å². The molecule has 8 heteroatoms. The van der Waals surface area contributed by atoms with Crippen molar-refractivity contribution in [3.8, 4) is 11.4 Å². The zero-order valence-electron chi connectivity index (χ0n) is 18.3. The molecule has 1 aromatic heterocycles. The van der Waals surface area contributed by atoms with E-state index in [1.165, 1.54) is 22.8 Å². The molecule has 4 aromatic rings. The lowest BCUT2D eigenvalue weighted by Crippen LogP contribution is -2.25. The van der Waals surface area contributed by atoms with Gasteiger partial charge in [-0.25, -0.2) is 9.40 Å². The van der Waals surface area contributed by atoms with Crippen LogP contribution in [0.1, 0.15) is 17.5 Å². The van der Waals surface area contributed by atoms with E-state index < -0.39 is 0 Å². The summed E-state index contributed by atoms with van der Waals surface area (Å²) < 4.78 is 16.4. The fourth-order valence-electron chi connectivity index (χ4n) is 3.82. The topological polar surface area (TPSA) is 63.4 Å². The zero-order chi connectivity index (χ0) is 23.3. The van der Waals surface area contributed by atoms with E-state index >= 15 is 0 Å². The second kappa shape index (κ2) is 10.0. The maximum Gasteiger partial charge on any atom is 0.253 e. The third-order valence-corrected chi connectivity index (χ3v) is 6.49. The highest BCUT2D eigenvalue weighted by Crippen LogP contribution is 2.27. The number of carbonyl (C=O) groups is 1. The predicted molar refractivity (Wildman–Crippen MR) is 131 cm³/mol. The Hall–Kier alpha value is -3.78.